The summed E-state index contributed by atoms with van der Waals surface area (Å²) in [5, 5.41) is 16.9. The van der Waals surface area contributed by atoms with Crippen molar-refractivity contribution in [1.29, 1.82) is 0 Å². The number of fused-ring (bicyclic) bond motifs is 5. The molecule has 4 rings (SSSR count). The lowest BCUT2D eigenvalue weighted by atomic mass is 10.0. The van der Waals surface area contributed by atoms with Gasteiger partial charge in [0.15, 0.2) is 11.5 Å². The van der Waals surface area contributed by atoms with E-state index in [0.29, 0.717) is 43.9 Å². The number of nitrogens with one attached hydrogen (secondary N) is 3. The van der Waals surface area contributed by atoms with Gasteiger partial charge < -0.3 is 35.1 Å². The zero-order chi connectivity index (χ0) is 29.5. The van der Waals surface area contributed by atoms with E-state index in [1.807, 2.05) is 42.5 Å². The maximum atomic E-state index is 13.1. The highest BCUT2D eigenvalue weighted by molar-refractivity contribution is 5.91. The highest BCUT2D eigenvalue weighted by atomic mass is 16.5. The third-order valence-corrected chi connectivity index (χ3v) is 7.24. The van der Waals surface area contributed by atoms with Crippen LogP contribution in [0.1, 0.15) is 44.0 Å². The molecule has 0 saturated carbocycles. The Hall–Kier alpha value is -4.05. The van der Waals surface area contributed by atoms with Crippen LogP contribution in [0.3, 0.4) is 0 Å². The fourth-order valence-corrected chi connectivity index (χ4v) is 5.13. The quantitative estimate of drug-likeness (QED) is 0.387. The predicted octanol–water partition coefficient (Wildman–Crippen LogP) is 2.56. The number of ether oxygens (including phenoxy) is 2. The second kappa shape index (κ2) is 13.5. The molecule has 0 aliphatic carbocycles. The highest BCUT2D eigenvalue weighted by Gasteiger charge is 2.28. The Morgan fingerprint density at radius 2 is 1.93 bits per heavy atom. The molecule has 2 atom stereocenters. The summed E-state index contributed by atoms with van der Waals surface area (Å²) >= 11 is 0. The Morgan fingerprint density at radius 1 is 1.15 bits per heavy atom. The van der Waals surface area contributed by atoms with E-state index >= 15 is 0 Å². The number of nitrogens with zero attached hydrogens (tertiary/aromatic N) is 1. The smallest absolute Gasteiger partial charge is 0.245 e. The molecule has 220 valence electrons. The van der Waals surface area contributed by atoms with E-state index < -0.39 is 24.0 Å². The number of aromatic amines is 1. The number of para-hydroxylation sites is 1. The first-order valence-electron chi connectivity index (χ1n) is 14.1. The summed E-state index contributed by atoms with van der Waals surface area (Å²) in [6.07, 6.45) is 0.509. The molecule has 1 aliphatic heterocycles. The van der Waals surface area contributed by atoms with Crippen LogP contribution >= 0.6 is 0 Å². The maximum Gasteiger partial charge on any atom is 0.245 e. The molecule has 0 saturated heterocycles. The monoisotopic (exact) mass is 564 g/mol. The number of amides is 3. The molecule has 2 heterocycles. The van der Waals surface area contributed by atoms with E-state index in [0.717, 1.165) is 27.7 Å². The number of carbonyl (C=O) groups excluding carboxylic acids is 3. The molecule has 2 bridgehead atoms. The Labute approximate surface area is 240 Å². The van der Waals surface area contributed by atoms with Crippen LogP contribution in [0.4, 0.5) is 0 Å². The molecule has 0 unspecified atom stereocenters. The summed E-state index contributed by atoms with van der Waals surface area (Å²) in [6.45, 7) is 5.66. The maximum absolute atomic E-state index is 13.1. The number of benzene rings is 2. The molecule has 3 amide bonds. The third kappa shape index (κ3) is 7.38. The Morgan fingerprint density at radius 3 is 2.66 bits per heavy atom. The normalized spacial score (nSPS) is 18.3. The zero-order valence-corrected chi connectivity index (χ0v) is 24.2. The molecule has 41 heavy (non-hydrogen) atoms. The number of rotatable bonds is 3. The van der Waals surface area contributed by atoms with Crippen LogP contribution in [0.5, 0.6) is 11.5 Å². The molecule has 0 radical (unpaired) electrons. The lowest BCUT2D eigenvalue weighted by Gasteiger charge is -2.26. The van der Waals surface area contributed by atoms with Gasteiger partial charge in [-0.1, -0.05) is 38.1 Å². The number of hydrogen-bond acceptors (Lipinski definition) is 6. The van der Waals surface area contributed by atoms with Crippen molar-refractivity contribution in [2.45, 2.75) is 52.2 Å². The van der Waals surface area contributed by atoms with Crippen LogP contribution in [0.2, 0.25) is 0 Å². The van der Waals surface area contributed by atoms with Crippen molar-refractivity contribution in [3.63, 3.8) is 0 Å². The summed E-state index contributed by atoms with van der Waals surface area (Å²) in [5.41, 5.74) is 4.14. The molecule has 0 spiro atoms. The van der Waals surface area contributed by atoms with E-state index in [9.17, 15) is 19.5 Å². The van der Waals surface area contributed by atoms with Gasteiger partial charge in [0.05, 0.1) is 26.4 Å². The average molecular weight is 565 g/mol. The van der Waals surface area contributed by atoms with Crippen LogP contribution in [0, 0.1) is 5.92 Å². The van der Waals surface area contributed by atoms with Gasteiger partial charge in [-0.15, -0.1) is 0 Å². The summed E-state index contributed by atoms with van der Waals surface area (Å²) in [4.78, 5) is 43.8. The number of hydrogen-bond donors (Lipinski definition) is 4. The largest absolute Gasteiger partial charge is 0.493 e. The zero-order valence-electron chi connectivity index (χ0n) is 24.2. The van der Waals surface area contributed by atoms with Crippen molar-refractivity contribution in [2.24, 2.45) is 5.92 Å². The first-order valence-corrected chi connectivity index (χ1v) is 14.1. The first kappa shape index (κ1) is 29.9. The van der Waals surface area contributed by atoms with Gasteiger partial charge >= 0.3 is 0 Å². The van der Waals surface area contributed by atoms with Gasteiger partial charge in [0.25, 0.3) is 0 Å². The standard InChI is InChI=1S/C31H40N4O6/c1-19(2)31(39)35-14-7-15-41-27-17-21(10-11-26(27)40-4)16-25-23(22-8-5-6-9-24(22)33-25)12-13-32-30(38)29(20(3)36)34-28(37)18-35/h5-6,8-11,17,19-20,29,33,36H,7,12-16,18H2,1-4H3,(H,32,38)(H,34,37)/t20-,29+/m1/s1. The van der Waals surface area contributed by atoms with Crippen molar-refractivity contribution >= 4 is 28.6 Å². The molecular formula is C31H40N4O6. The van der Waals surface area contributed by atoms with Gasteiger partial charge in [0.2, 0.25) is 17.7 Å². The van der Waals surface area contributed by atoms with E-state index in [1.54, 1.807) is 21.0 Å². The van der Waals surface area contributed by atoms with E-state index in [2.05, 4.69) is 15.6 Å². The number of aliphatic hydroxyl groups excluding tert-OH is 1. The lowest BCUT2D eigenvalue weighted by molar-refractivity contribution is -0.139. The van der Waals surface area contributed by atoms with Gasteiger partial charge in [-0.05, 0) is 49.1 Å². The number of H-pyrrole nitrogens is 1. The Balaban J connectivity index is 1.66. The summed E-state index contributed by atoms with van der Waals surface area (Å²) in [7, 11) is 1.59. The van der Waals surface area contributed by atoms with Crippen LogP contribution in [0.25, 0.3) is 10.9 Å². The summed E-state index contributed by atoms with van der Waals surface area (Å²) in [6, 6.07) is 12.7. The van der Waals surface area contributed by atoms with Crippen LogP contribution in [0.15, 0.2) is 42.5 Å². The second-order valence-electron chi connectivity index (χ2n) is 10.7. The Kier molecular flexibility index (Phi) is 9.88. The molecule has 10 nitrogen and oxygen atoms in total. The van der Waals surface area contributed by atoms with Gasteiger partial charge in [-0.3, -0.25) is 14.4 Å². The van der Waals surface area contributed by atoms with Crippen LogP contribution < -0.4 is 20.1 Å². The molecule has 3 aromatic rings. The minimum Gasteiger partial charge on any atom is -0.493 e. The summed E-state index contributed by atoms with van der Waals surface area (Å²) in [5.74, 6) is -0.289. The van der Waals surface area contributed by atoms with Crippen molar-refractivity contribution in [3.8, 4) is 11.5 Å². The van der Waals surface area contributed by atoms with E-state index in [4.69, 9.17) is 9.47 Å². The fourth-order valence-electron chi connectivity index (χ4n) is 5.13. The minimum absolute atomic E-state index is 0.183. The van der Waals surface area contributed by atoms with Crippen molar-refractivity contribution < 1.29 is 29.0 Å². The number of aromatic nitrogens is 1. The van der Waals surface area contributed by atoms with Gasteiger partial charge in [-0.25, -0.2) is 0 Å². The molecule has 2 aromatic carbocycles. The number of aliphatic hydroxyl groups is 1. The number of carbonyl (C=O) groups is 3. The minimum atomic E-state index is -1.15. The van der Waals surface area contributed by atoms with E-state index in [-0.39, 0.29) is 24.9 Å². The molecule has 10 heteroatoms. The SMILES string of the molecule is COc1ccc2cc1OCCCN(C(=O)C(C)C)CC(=O)N[C@@H]([C@@H](C)O)C(=O)NCCc1c([nH]c3ccccc13)C2. The highest BCUT2D eigenvalue weighted by Crippen LogP contribution is 2.31. The van der Waals surface area contributed by atoms with Gasteiger partial charge in [0.1, 0.15) is 6.04 Å². The lowest BCUT2D eigenvalue weighted by Crippen LogP contribution is -2.55. The van der Waals surface area contributed by atoms with Crippen LogP contribution in [-0.2, 0) is 27.2 Å². The van der Waals surface area contributed by atoms with Gasteiger partial charge in [0, 0.05) is 42.0 Å². The summed E-state index contributed by atoms with van der Waals surface area (Å²) < 4.78 is 11.6. The molecule has 0 fully saturated rings. The van der Waals surface area contributed by atoms with Gasteiger partial charge in [-0.2, -0.15) is 0 Å². The predicted molar refractivity (Wildman–Crippen MR) is 156 cm³/mol. The van der Waals surface area contributed by atoms with Crippen LogP contribution in [-0.4, -0.2) is 78.2 Å². The molecular weight excluding hydrogens is 524 g/mol. The molecule has 1 aliphatic rings. The molecule has 4 N–H and O–H groups in total. The van der Waals surface area contributed by atoms with Crippen molar-refractivity contribution in [3.05, 3.63) is 59.3 Å². The average Bonchev–Trinajstić information content (AvgIpc) is 3.29. The molecule has 1 aromatic heterocycles. The van der Waals surface area contributed by atoms with E-state index in [1.165, 1.54) is 11.8 Å². The van der Waals surface area contributed by atoms with Crippen molar-refractivity contribution in [1.82, 2.24) is 20.5 Å². The topological polar surface area (TPSA) is 133 Å². The Bertz CT molecular complexity index is 1380. The third-order valence-electron chi connectivity index (χ3n) is 7.24. The fraction of sp³-hybridized carbons (Fsp3) is 0.452. The second-order valence-corrected chi connectivity index (χ2v) is 10.7. The number of methoxy groups -OCH3 is 1. The van der Waals surface area contributed by atoms with Crippen molar-refractivity contribution in [2.75, 3.05) is 33.4 Å². The first-order chi connectivity index (χ1) is 19.7.